The predicted octanol–water partition coefficient (Wildman–Crippen LogP) is 3.40. The minimum Gasteiger partial charge on any atom is -0.322 e. The van der Waals surface area contributed by atoms with E-state index >= 15 is 0 Å². The molecule has 7 heteroatoms. The van der Waals surface area contributed by atoms with Gasteiger partial charge in [-0.15, -0.1) is 11.6 Å². The number of alkyl halides is 1. The quantitative estimate of drug-likeness (QED) is 0.695. The molecule has 0 spiro atoms. The summed E-state index contributed by atoms with van der Waals surface area (Å²) in [5.41, 5.74) is 1.42. The Bertz CT molecular complexity index is 807. The Morgan fingerprint density at radius 2 is 2.10 bits per heavy atom. The van der Waals surface area contributed by atoms with Crippen LogP contribution in [0.5, 0.6) is 0 Å². The molecule has 2 heterocycles. The summed E-state index contributed by atoms with van der Waals surface area (Å²) in [6, 6.07) is 2.09. The van der Waals surface area contributed by atoms with Crippen molar-refractivity contribution in [2.45, 2.75) is 18.8 Å². The van der Waals surface area contributed by atoms with E-state index in [2.05, 4.69) is 10.1 Å². The Balaban J connectivity index is 2.20. The summed E-state index contributed by atoms with van der Waals surface area (Å²) in [7, 11) is 1.81. The van der Waals surface area contributed by atoms with Crippen molar-refractivity contribution in [2.24, 2.45) is 7.05 Å². The molecule has 0 saturated carbocycles. The van der Waals surface area contributed by atoms with Crippen molar-refractivity contribution in [3.63, 3.8) is 0 Å². The minimum atomic E-state index is -0.687. The summed E-state index contributed by atoms with van der Waals surface area (Å²) in [6.07, 6.45) is 3.54. The van der Waals surface area contributed by atoms with Crippen LogP contribution in [-0.4, -0.2) is 19.3 Å². The molecule has 4 nitrogen and oxygen atoms in total. The Hall–Kier alpha value is -1.95. The molecule has 2 aromatic heterocycles. The molecule has 0 aliphatic heterocycles. The minimum absolute atomic E-state index is 0.128. The molecule has 110 valence electrons. The standard InChI is InChI=1S/C14H13ClF2N4/c1-8(15)14-19-13-11(17)3-10(16)4-12(13)21(14)7-9-5-18-20(2)6-9/h3-6,8H,7H2,1-2H3. The number of rotatable bonds is 3. The summed E-state index contributed by atoms with van der Waals surface area (Å²) < 4.78 is 30.8. The number of aromatic nitrogens is 4. The van der Waals surface area contributed by atoms with Crippen LogP contribution in [0, 0.1) is 11.6 Å². The molecule has 1 aromatic carbocycles. The number of benzene rings is 1. The van der Waals surface area contributed by atoms with Gasteiger partial charge >= 0.3 is 0 Å². The largest absolute Gasteiger partial charge is 0.322 e. The van der Waals surface area contributed by atoms with Crippen LogP contribution in [0.2, 0.25) is 0 Å². The normalized spacial score (nSPS) is 13.0. The molecule has 0 radical (unpaired) electrons. The third-order valence-electron chi connectivity index (χ3n) is 3.26. The van der Waals surface area contributed by atoms with Crippen LogP contribution >= 0.6 is 11.6 Å². The Kier molecular flexibility index (Phi) is 3.41. The zero-order valence-electron chi connectivity index (χ0n) is 11.5. The van der Waals surface area contributed by atoms with Gasteiger partial charge in [-0.25, -0.2) is 13.8 Å². The molecule has 0 amide bonds. The van der Waals surface area contributed by atoms with E-state index in [1.807, 2.05) is 6.20 Å². The fourth-order valence-electron chi connectivity index (χ4n) is 2.37. The van der Waals surface area contributed by atoms with Crippen molar-refractivity contribution in [1.82, 2.24) is 19.3 Å². The maximum absolute atomic E-state index is 13.9. The van der Waals surface area contributed by atoms with E-state index in [0.29, 0.717) is 17.9 Å². The van der Waals surface area contributed by atoms with Crippen molar-refractivity contribution in [1.29, 1.82) is 0 Å². The fraction of sp³-hybridized carbons (Fsp3) is 0.286. The van der Waals surface area contributed by atoms with E-state index < -0.39 is 17.0 Å². The van der Waals surface area contributed by atoms with Gasteiger partial charge in [-0.1, -0.05) is 0 Å². The van der Waals surface area contributed by atoms with Crippen LogP contribution < -0.4 is 0 Å². The first-order valence-electron chi connectivity index (χ1n) is 6.42. The zero-order chi connectivity index (χ0) is 15.1. The summed E-state index contributed by atoms with van der Waals surface area (Å²) in [6.45, 7) is 2.15. The second kappa shape index (κ2) is 5.11. The van der Waals surface area contributed by atoms with E-state index in [-0.39, 0.29) is 5.52 Å². The van der Waals surface area contributed by atoms with Gasteiger partial charge in [-0.05, 0) is 13.0 Å². The molecule has 1 atom stereocenters. The molecule has 0 bridgehead atoms. The Morgan fingerprint density at radius 3 is 2.71 bits per heavy atom. The number of hydrogen-bond acceptors (Lipinski definition) is 2. The van der Waals surface area contributed by atoms with Crippen LogP contribution in [0.1, 0.15) is 23.7 Å². The van der Waals surface area contributed by atoms with Crippen molar-refractivity contribution in [2.75, 3.05) is 0 Å². The van der Waals surface area contributed by atoms with Crippen LogP contribution in [0.3, 0.4) is 0 Å². The number of fused-ring (bicyclic) bond motifs is 1. The Labute approximate surface area is 125 Å². The van der Waals surface area contributed by atoms with Gasteiger partial charge in [0.05, 0.1) is 23.6 Å². The summed E-state index contributed by atoms with van der Waals surface area (Å²) in [4.78, 5) is 4.22. The lowest BCUT2D eigenvalue weighted by atomic mass is 10.2. The van der Waals surface area contributed by atoms with Crippen molar-refractivity contribution in [3.8, 4) is 0 Å². The molecule has 0 saturated heterocycles. The van der Waals surface area contributed by atoms with Gasteiger partial charge in [0.2, 0.25) is 0 Å². The lowest BCUT2D eigenvalue weighted by molar-refractivity contribution is 0.590. The van der Waals surface area contributed by atoms with Gasteiger partial charge in [-0.2, -0.15) is 5.10 Å². The molecule has 0 N–H and O–H groups in total. The number of nitrogens with zero attached hydrogens (tertiary/aromatic N) is 4. The molecular formula is C14H13ClF2N4. The molecule has 0 aliphatic rings. The van der Waals surface area contributed by atoms with Crippen LogP contribution in [0.25, 0.3) is 11.0 Å². The number of imidazole rings is 1. The highest BCUT2D eigenvalue weighted by Crippen LogP contribution is 2.27. The van der Waals surface area contributed by atoms with E-state index in [1.54, 1.807) is 29.4 Å². The first-order chi connectivity index (χ1) is 9.95. The van der Waals surface area contributed by atoms with E-state index in [0.717, 1.165) is 11.6 Å². The van der Waals surface area contributed by atoms with Crippen LogP contribution in [0.15, 0.2) is 24.5 Å². The second-order valence-corrected chi connectivity index (χ2v) is 5.60. The lowest BCUT2D eigenvalue weighted by Gasteiger charge is -2.09. The predicted molar refractivity (Wildman–Crippen MR) is 76.2 cm³/mol. The average Bonchev–Trinajstić information content (AvgIpc) is 2.95. The first kappa shape index (κ1) is 14.0. The van der Waals surface area contributed by atoms with Gasteiger partial charge in [0.15, 0.2) is 5.82 Å². The van der Waals surface area contributed by atoms with Gasteiger partial charge < -0.3 is 4.57 Å². The monoisotopic (exact) mass is 310 g/mol. The fourth-order valence-corrected chi connectivity index (χ4v) is 2.54. The van der Waals surface area contributed by atoms with Crippen LogP contribution in [-0.2, 0) is 13.6 Å². The second-order valence-electron chi connectivity index (χ2n) is 4.95. The topological polar surface area (TPSA) is 35.6 Å². The molecular weight excluding hydrogens is 298 g/mol. The third kappa shape index (κ3) is 2.51. The highest BCUT2D eigenvalue weighted by atomic mass is 35.5. The average molecular weight is 311 g/mol. The van der Waals surface area contributed by atoms with E-state index in [1.165, 1.54) is 6.07 Å². The van der Waals surface area contributed by atoms with E-state index in [9.17, 15) is 8.78 Å². The molecule has 0 fully saturated rings. The molecule has 3 rings (SSSR count). The van der Waals surface area contributed by atoms with Crippen molar-refractivity contribution in [3.05, 3.63) is 47.5 Å². The van der Waals surface area contributed by atoms with Gasteiger partial charge in [-0.3, -0.25) is 4.68 Å². The molecule has 3 aromatic rings. The molecule has 21 heavy (non-hydrogen) atoms. The SMILES string of the molecule is CC(Cl)c1nc2c(F)cc(F)cc2n1Cc1cnn(C)c1. The molecule has 1 unspecified atom stereocenters. The highest BCUT2D eigenvalue weighted by Gasteiger charge is 2.19. The number of aryl methyl sites for hydroxylation is 1. The maximum atomic E-state index is 13.9. The van der Waals surface area contributed by atoms with E-state index in [4.69, 9.17) is 11.6 Å². The van der Waals surface area contributed by atoms with Crippen LogP contribution in [0.4, 0.5) is 8.78 Å². The van der Waals surface area contributed by atoms with Crippen molar-refractivity contribution < 1.29 is 8.78 Å². The highest BCUT2D eigenvalue weighted by molar-refractivity contribution is 6.20. The Morgan fingerprint density at radius 1 is 1.33 bits per heavy atom. The van der Waals surface area contributed by atoms with Gasteiger partial charge in [0.25, 0.3) is 0 Å². The smallest absolute Gasteiger partial charge is 0.153 e. The summed E-state index contributed by atoms with van der Waals surface area (Å²) in [5.74, 6) is -0.824. The summed E-state index contributed by atoms with van der Waals surface area (Å²) >= 11 is 6.12. The van der Waals surface area contributed by atoms with Crippen molar-refractivity contribution >= 4 is 22.6 Å². The first-order valence-corrected chi connectivity index (χ1v) is 6.86. The lowest BCUT2D eigenvalue weighted by Crippen LogP contribution is -2.05. The van der Waals surface area contributed by atoms with Gasteiger partial charge in [0, 0.05) is 24.9 Å². The van der Waals surface area contributed by atoms with Gasteiger partial charge in [0.1, 0.15) is 17.2 Å². The maximum Gasteiger partial charge on any atom is 0.153 e. The number of hydrogen-bond donors (Lipinski definition) is 0. The third-order valence-corrected chi connectivity index (χ3v) is 3.45. The molecule has 0 aliphatic carbocycles. The summed E-state index contributed by atoms with van der Waals surface area (Å²) in [5, 5.41) is 3.67. The zero-order valence-corrected chi connectivity index (χ0v) is 12.3. The number of halogens is 3.